The molecule has 1 N–H and O–H groups in total. The number of amides is 1. The number of aryl methyl sites for hydroxylation is 2. The molecule has 1 aromatic carbocycles. The number of nitrogens with zero attached hydrogens (tertiary/aromatic N) is 5. The Balaban J connectivity index is 1.73. The monoisotopic (exact) mass is 342 g/mol. The summed E-state index contributed by atoms with van der Waals surface area (Å²) in [5.41, 5.74) is 2.76. The summed E-state index contributed by atoms with van der Waals surface area (Å²) in [5, 5.41) is 11.2. The second kappa shape index (κ2) is 6.84. The zero-order chi connectivity index (χ0) is 18.0. The highest BCUT2D eigenvalue weighted by Crippen LogP contribution is 2.14. The van der Waals surface area contributed by atoms with Crippen molar-refractivity contribution in [1.29, 1.82) is 0 Å². The van der Waals surface area contributed by atoms with Crippen LogP contribution in [0.1, 0.15) is 34.2 Å². The third-order valence-corrected chi connectivity index (χ3v) is 3.90. The summed E-state index contributed by atoms with van der Waals surface area (Å²) in [6, 6.07) is 6.26. The molecule has 0 unspecified atom stereocenters. The first-order chi connectivity index (χ1) is 12.0. The smallest absolute Gasteiger partial charge is 0.261 e. The molecule has 0 atom stereocenters. The average Bonchev–Trinajstić information content (AvgIpc) is 3.11. The Morgan fingerprint density at radius 2 is 2.08 bits per heavy atom. The summed E-state index contributed by atoms with van der Waals surface area (Å²) in [7, 11) is 0. The van der Waals surface area contributed by atoms with E-state index in [2.05, 4.69) is 20.5 Å². The van der Waals surface area contributed by atoms with Crippen molar-refractivity contribution in [1.82, 2.24) is 24.5 Å². The highest BCUT2D eigenvalue weighted by Gasteiger charge is 2.19. The molecule has 8 heteroatoms. The van der Waals surface area contributed by atoms with Gasteiger partial charge in [-0.15, -0.1) is 5.10 Å². The van der Waals surface area contributed by atoms with Crippen LogP contribution in [0.15, 0.2) is 30.6 Å². The minimum atomic E-state index is -0.301. The van der Waals surface area contributed by atoms with E-state index in [0.29, 0.717) is 24.3 Å². The SMILES string of the molecule is CCn1nc(C)c(C(=O)Nc2ncn(Cc3cccc(F)c3)n2)c1C. The normalized spacial score (nSPS) is 10.9. The van der Waals surface area contributed by atoms with Gasteiger partial charge in [0, 0.05) is 12.2 Å². The fourth-order valence-electron chi connectivity index (χ4n) is 2.75. The van der Waals surface area contributed by atoms with E-state index in [-0.39, 0.29) is 17.7 Å². The van der Waals surface area contributed by atoms with Gasteiger partial charge in [-0.2, -0.15) is 5.10 Å². The minimum absolute atomic E-state index is 0.199. The summed E-state index contributed by atoms with van der Waals surface area (Å²) in [6.07, 6.45) is 1.50. The molecule has 0 fully saturated rings. The minimum Gasteiger partial charge on any atom is -0.289 e. The summed E-state index contributed by atoms with van der Waals surface area (Å²) in [6.45, 7) is 6.68. The van der Waals surface area contributed by atoms with Crippen LogP contribution < -0.4 is 5.32 Å². The van der Waals surface area contributed by atoms with Crippen molar-refractivity contribution in [2.24, 2.45) is 0 Å². The van der Waals surface area contributed by atoms with E-state index >= 15 is 0 Å². The lowest BCUT2D eigenvalue weighted by Gasteiger charge is -2.03. The van der Waals surface area contributed by atoms with Gasteiger partial charge in [0.2, 0.25) is 5.95 Å². The Labute approximate surface area is 144 Å². The molecule has 0 spiro atoms. The Bertz CT molecular complexity index is 914. The van der Waals surface area contributed by atoms with Crippen molar-refractivity contribution in [2.75, 3.05) is 5.32 Å². The van der Waals surface area contributed by atoms with E-state index in [1.165, 1.54) is 18.5 Å². The first-order valence-corrected chi connectivity index (χ1v) is 7.97. The van der Waals surface area contributed by atoms with Gasteiger partial charge in [-0.25, -0.2) is 14.1 Å². The standard InChI is InChI=1S/C17H19FN6O/c1-4-24-12(3)15(11(2)21-24)16(25)20-17-19-10-23(22-17)9-13-6-5-7-14(18)8-13/h5-8,10H,4,9H2,1-3H3,(H,20,22,25). The number of anilines is 1. The zero-order valence-electron chi connectivity index (χ0n) is 14.3. The number of halogens is 1. The lowest BCUT2D eigenvalue weighted by Crippen LogP contribution is -2.15. The fraction of sp³-hybridized carbons (Fsp3) is 0.294. The van der Waals surface area contributed by atoms with Crippen molar-refractivity contribution in [3.05, 3.63) is 58.9 Å². The lowest BCUT2D eigenvalue weighted by atomic mass is 10.2. The number of rotatable bonds is 5. The molecular formula is C17H19FN6O. The third-order valence-electron chi connectivity index (χ3n) is 3.90. The molecule has 0 aliphatic carbocycles. The van der Waals surface area contributed by atoms with Crippen molar-refractivity contribution in [3.8, 4) is 0 Å². The van der Waals surface area contributed by atoms with Gasteiger partial charge in [0.15, 0.2) is 0 Å². The fourth-order valence-corrected chi connectivity index (χ4v) is 2.75. The quantitative estimate of drug-likeness (QED) is 0.773. The number of carbonyl (C=O) groups is 1. The van der Waals surface area contributed by atoms with E-state index in [4.69, 9.17) is 0 Å². The molecule has 2 aromatic heterocycles. The van der Waals surface area contributed by atoms with Crippen molar-refractivity contribution >= 4 is 11.9 Å². The Morgan fingerprint density at radius 1 is 1.28 bits per heavy atom. The molecule has 25 heavy (non-hydrogen) atoms. The van der Waals surface area contributed by atoms with Crippen molar-refractivity contribution < 1.29 is 9.18 Å². The van der Waals surface area contributed by atoms with Gasteiger partial charge in [0.25, 0.3) is 5.91 Å². The van der Waals surface area contributed by atoms with Crippen LogP contribution in [0.4, 0.5) is 10.3 Å². The number of aromatic nitrogens is 5. The summed E-state index contributed by atoms with van der Waals surface area (Å²) < 4.78 is 16.6. The Hall–Kier alpha value is -3.03. The Morgan fingerprint density at radius 3 is 2.76 bits per heavy atom. The van der Waals surface area contributed by atoms with E-state index in [1.54, 1.807) is 28.4 Å². The third kappa shape index (κ3) is 3.57. The first-order valence-electron chi connectivity index (χ1n) is 7.97. The molecule has 3 rings (SSSR count). The molecule has 2 heterocycles. The molecule has 0 saturated heterocycles. The second-order valence-corrected chi connectivity index (χ2v) is 5.71. The van der Waals surface area contributed by atoms with Crippen LogP contribution in [-0.2, 0) is 13.1 Å². The largest absolute Gasteiger partial charge is 0.289 e. The summed E-state index contributed by atoms with van der Waals surface area (Å²) in [4.78, 5) is 16.6. The van der Waals surface area contributed by atoms with Crippen LogP contribution in [0.25, 0.3) is 0 Å². The molecule has 0 aliphatic heterocycles. The second-order valence-electron chi connectivity index (χ2n) is 5.71. The molecule has 3 aromatic rings. The van der Waals surface area contributed by atoms with Gasteiger partial charge < -0.3 is 0 Å². The van der Waals surface area contributed by atoms with Crippen molar-refractivity contribution in [3.63, 3.8) is 0 Å². The molecular weight excluding hydrogens is 323 g/mol. The molecule has 130 valence electrons. The molecule has 0 aliphatic rings. The molecule has 1 amide bonds. The molecule has 0 saturated carbocycles. The van der Waals surface area contributed by atoms with Crippen molar-refractivity contribution in [2.45, 2.75) is 33.9 Å². The van der Waals surface area contributed by atoms with E-state index in [9.17, 15) is 9.18 Å². The first kappa shape index (κ1) is 16.8. The predicted molar refractivity (Wildman–Crippen MR) is 90.9 cm³/mol. The Kier molecular flexibility index (Phi) is 4.60. The maximum Gasteiger partial charge on any atom is 0.261 e. The number of hydrogen-bond acceptors (Lipinski definition) is 4. The highest BCUT2D eigenvalue weighted by atomic mass is 19.1. The number of nitrogens with one attached hydrogen (secondary N) is 1. The maximum atomic E-state index is 13.2. The van der Waals surface area contributed by atoms with Gasteiger partial charge in [-0.05, 0) is 38.5 Å². The average molecular weight is 342 g/mol. The van der Waals surface area contributed by atoms with Crippen LogP contribution in [0, 0.1) is 19.7 Å². The highest BCUT2D eigenvalue weighted by molar-refractivity contribution is 6.04. The van der Waals surface area contributed by atoms with Gasteiger partial charge in [-0.3, -0.25) is 14.8 Å². The van der Waals surface area contributed by atoms with Crippen LogP contribution in [0.2, 0.25) is 0 Å². The van der Waals surface area contributed by atoms with Crippen LogP contribution in [0.5, 0.6) is 0 Å². The molecule has 0 radical (unpaired) electrons. The summed E-state index contributed by atoms with van der Waals surface area (Å²) in [5.74, 6) is -0.396. The molecule has 7 nitrogen and oxygen atoms in total. The number of carbonyl (C=O) groups excluding carboxylic acids is 1. The topological polar surface area (TPSA) is 77.6 Å². The maximum absolute atomic E-state index is 13.2. The van der Waals surface area contributed by atoms with Gasteiger partial charge >= 0.3 is 0 Å². The predicted octanol–water partition coefficient (Wildman–Crippen LogP) is 2.55. The van der Waals surface area contributed by atoms with Crippen LogP contribution in [0.3, 0.4) is 0 Å². The van der Waals surface area contributed by atoms with Gasteiger partial charge in [0.1, 0.15) is 12.1 Å². The number of hydrogen-bond donors (Lipinski definition) is 1. The van der Waals surface area contributed by atoms with Gasteiger partial charge in [-0.1, -0.05) is 12.1 Å². The van der Waals surface area contributed by atoms with E-state index in [0.717, 1.165) is 11.3 Å². The van der Waals surface area contributed by atoms with Gasteiger partial charge in [0.05, 0.1) is 17.8 Å². The number of benzene rings is 1. The zero-order valence-corrected chi connectivity index (χ0v) is 14.3. The van der Waals surface area contributed by atoms with E-state index in [1.807, 2.05) is 13.8 Å². The molecule has 0 bridgehead atoms. The lowest BCUT2D eigenvalue weighted by molar-refractivity contribution is 0.102. The van der Waals surface area contributed by atoms with Crippen LogP contribution >= 0.6 is 0 Å². The van der Waals surface area contributed by atoms with E-state index < -0.39 is 0 Å². The summed E-state index contributed by atoms with van der Waals surface area (Å²) >= 11 is 0. The van der Waals surface area contributed by atoms with Crippen LogP contribution in [-0.4, -0.2) is 30.5 Å².